The lowest BCUT2D eigenvalue weighted by Gasteiger charge is -2.08. The first-order chi connectivity index (χ1) is 15.9. The van der Waals surface area contributed by atoms with Crippen molar-refractivity contribution in [2.75, 3.05) is 6.54 Å². The zero-order chi connectivity index (χ0) is 23.4. The van der Waals surface area contributed by atoms with Crippen molar-refractivity contribution >= 4 is 22.6 Å². The van der Waals surface area contributed by atoms with E-state index in [1.165, 1.54) is 29.2 Å². The molecule has 0 aliphatic heterocycles. The van der Waals surface area contributed by atoms with E-state index < -0.39 is 4.92 Å². The van der Waals surface area contributed by atoms with E-state index in [0.29, 0.717) is 36.1 Å². The first-order valence-electron chi connectivity index (χ1n) is 10.4. The van der Waals surface area contributed by atoms with E-state index in [4.69, 9.17) is 0 Å². The number of carbonyl (C=O) groups excluding carboxylic acids is 1. The van der Waals surface area contributed by atoms with Gasteiger partial charge in [0.25, 0.3) is 11.2 Å². The molecule has 1 N–H and O–H groups in total. The number of rotatable bonds is 8. The molecule has 0 saturated heterocycles. The van der Waals surface area contributed by atoms with Gasteiger partial charge >= 0.3 is 0 Å². The maximum absolute atomic E-state index is 12.8. The fourth-order valence-corrected chi connectivity index (χ4v) is 3.61. The molecule has 2 heterocycles. The first kappa shape index (κ1) is 21.9. The van der Waals surface area contributed by atoms with Crippen molar-refractivity contribution in [2.45, 2.75) is 26.4 Å². The second kappa shape index (κ2) is 9.43. The number of hydrogen-bond acceptors (Lipinski definition) is 6. The molecule has 0 aliphatic rings. The van der Waals surface area contributed by atoms with Gasteiger partial charge < -0.3 is 5.32 Å². The van der Waals surface area contributed by atoms with Gasteiger partial charge in [0, 0.05) is 18.7 Å². The minimum absolute atomic E-state index is 0.0353. The van der Waals surface area contributed by atoms with Crippen molar-refractivity contribution < 1.29 is 9.72 Å². The summed E-state index contributed by atoms with van der Waals surface area (Å²) in [7, 11) is 0. The summed E-state index contributed by atoms with van der Waals surface area (Å²) < 4.78 is 2.96. The Hall–Kier alpha value is -4.34. The predicted octanol–water partition coefficient (Wildman–Crippen LogP) is 2.22. The molecule has 0 fully saturated rings. The largest absolute Gasteiger partial charge is 0.354 e. The van der Waals surface area contributed by atoms with Crippen molar-refractivity contribution in [3.05, 3.63) is 98.2 Å². The zero-order valence-corrected chi connectivity index (χ0v) is 18.0. The number of amides is 1. The first-order valence-corrected chi connectivity index (χ1v) is 10.4. The second-order valence-corrected chi connectivity index (χ2v) is 7.73. The number of hydrogen-bond donors (Lipinski definition) is 1. The van der Waals surface area contributed by atoms with Crippen molar-refractivity contribution in [3.63, 3.8) is 0 Å². The van der Waals surface area contributed by atoms with Gasteiger partial charge in [0.2, 0.25) is 5.91 Å². The SMILES string of the molecule is Cc1cccc(CC(=O)NCCn2ncc3c(=O)n(Cc4cccc([N+](=O)[O-])c4)cnc32)c1. The van der Waals surface area contributed by atoms with Gasteiger partial charge in [-0.1, -0.05) is 42.0 Å². The Balaban J connectivity index is 1.41. The van der Waals surface area contributed by atoms with Crippen molar-refractivity contribution in [1.29, 1.82) is 0 Å². The number of aromatic nitrogens is 4. The highest BCUT2D eigenvalue weighted by molar-refractivity contribution is 5.78. The fraction of sp³-hybridized carbons (Fsp3) is 0.217. The summed E-state index contributed by atoms with van der Waals surface area (Å²) in [5.74, 6) is -0.0932. The van der Waals surface area contributed by atoms with Crippen LogP contribution < -0.4 is 10.9 Å². The number of nitro groups is 1. The molecule has 0 saturated carbocycles. The van der Waals surface area contributed by atoms with Crippen molar-refractivity contribution in [2.24, 2.45) is 0 Å². The molecular formula is C23H22N6O4. The standard InChI is InChI=1S/C23H22N6O4/c1-16-4-2-5-17(10-16)12-21(30)24-8-9-28-22-20(13-26-28)23(31)27(15-25-22)14-18-6-3-7-19(11-18)29(32)33/h2-7,10-11,13,15H,8-9,12,14H2,1H3,(H,24,30). The average molecular weight is 446 g/mol. The van der Waals surface area contributed by atoms with Crippen molar-refractivity contribution in [1.82, 2.24) is 24.6 Å². The summed E-state index contributed by atoms with van der Waals surface area (Å²) in [5, 5.41) is 18.4. The third kappa shape index (κ3) is 5.12. The summed E-state index contributed by atoms with van der Waals surface area (Å²) in [4.78, 5) is 39.9. The van der Waals surface area contributed by atoms with Crippen LogP contribution in [0.3, 0.4) is 0 Å². The van der Waals surface area contributed by atoms with Gasteiger partial charge in [-0.25, -0.2) is 9.67 Å². The van der Waals surface area contributed by atoms with E-state index >= 15 is 0 Å². The monoisotopic (exact) mass is 446 g/mol. The molecular weight excluding hydrogens is 424 g/mol. The Morgan fingerprint density at radius 3 is 2.73 bits per heavy atom. The number of nitro benzene ring substituents is 1. The Bertz CT molecular complexity index is 1390. The Morgan fingerprint density at radius 1 is 1.15 bits per heavy atom. The van der Waals surface area contributed by atoms with Crippen LogP contribution in [0.4, 0.5) is 5.69 Å². The van der Waals surface area contributed by atoms with Gasteiger partial charge in [-0.05, 0) is 18.1 Å². The molecule has 2 aromatic carbocycles. The molecule has 0 atom stereocenters. The lowest BCUT2D eigenvalue weighted by molar-refractivity contribution is -0.384. The Kier molecular flexibility index (Phi) is 6.25. The third-order valence-corrected chi connectivity index (χ3v) is 5.19. The highest BCUT2D eigenvalue weighted by Gasteiger charge is 2.12. The summed E-state index contributed by atoms with van der Waals surface area (Å²) in [5.41, 5.74) is 2.76. The van der Waals surface area contributed by atoms with E-state index in [0.717, 1.165) is 11.1 Å². The molecule has 10 heteroatoms. The van der Waals surface area contributed by atoms with Crippen molar-refractivity contribution in [3.8, 4) is 0 Å². The maximum Gasteiger partial charge on any atom is 0.269 e. The summed E-state index contributed by atoms with van der Waals surface area (Å²) in [6.07, 6.45) is 3.14. The lowest BCUT2D eigenvalue weighted by Crippen LogP contribution is -2.29. The predicted molar refractivity (Wildman–Crippen MR) is 122 cm³/mol. The van der Waals surface area contributed by atoms with Crippen LogP contribution in [0.5, 0.6) is 0 Å². The molecule has 33 heavy (non-hydrogen) atoms. The molecule has 0 unspecified atom stereocenters. The van der Waals surface area contributed by atoms with Crippen LogP contribution in [0.2, 0.25) is 0 Å². The third-order valence-electron chi connectivity index (χ3n) is 5.19. The van der Waals surface area contributed by atoms with Gasteiger partial charge in [-0.3, -0.25) is 24.3 Å². The number of fused-ring (bicyclic) bond motifs is 1. The van der Waals surface area contributed by atoms with E-state index in [9.17, 15) is 19.7 Å². The molecule has 2 aromatic heterocycles. The Labute approximate surface area is 188 Å². The molecule has 0 bridgehead atoms. The molecule has 4 aromatic rings. The van der Waals surface area contributed by atoms with Crippen LogP contribution in [0.25, 0.3) is 11.0 Å². The maximum atomic E-state index is 12.8. The second-order valence-electron chi connectivity index (χ2n) is 7.73. The number of carbonyl (C=O) groups is 1. The zero-order valence-electron chi connectivity index (χ0n) is 18.0. The van der Waals surface area contributed by atoms with Crippen LogP contribution in [-0.2, 0) is 24.3 Å². The molecule has 0 radical (unpaired) electrons. The smallest absolute Gasteiger partial charge is 0.269 e. The minimum atomic E-state index is -0.475. The van der Waals surface area contributed by atoms with Crippen LogP contribution >= 0.6 is 0 Å². The highest BCUT2D eigenvalue weighted by Crippen LogP contribution is 2.14. The Morgan fingerprint density at radius 2 is 1.94 bits per heavy atom. The van der Waals surface area contributed by atoms with Gasteiger partial charge in [0.05, 0.1) is 30.6 Å². The highest BCUT2D eigenvalue weighted by atomic mass is 16.6. The summed E-state index contributed by atoms with van der Waals surface area (Å²) >= 11 is 0. The number of non-ortho nitro benzene ring substituents is 1. The number of benzene rings is 2. The van der Waals surface area contributed by atoms with Crippen LogP contribution in [0.15, 0.2) is 65.8 Å². The van der Waals surface area contributed by atoms with E-state index in [2.05, 4.69) is 15.4 Å². The summed E-state index contributed by atoms with van der Waals surface area (Å²) in [6, 6.07) is 13.9. The lowest BCUT2D eigenvalue weighted by atomic mass is 10.1. The van der Waals surface area contributed by atoms with E-state index in [-0.39, 0.29) is 23.7 Å². The van der Waals surface area contributed by atoms with Gasteiger partial charge in [0.1, 0.15) is 11.7 Å². The molecule has 1 amide bonds. The van der Waals surface area contributed by atoms with Gasteiger partial charge in [-0.15, -0.1) is 0 Å². The average Bonchev–Trinajstić information content (AvgIpc) is 3.19. The van der Waals surface area contributed by atoms with Crippen LogP contribution in [-0.4, -0.2) is 36.7 Å². The minimum Gasteiger partial charge on any atom is -0.354 e. The molecule has 10 nitrogen and oxygen atoms in total. The van der Waals surface area contributed by atoms with E-state index in [1.54, 1.807) is 16.8 Å². The topological polar surface area (TPSA) is 125 Å². The molecule has 0 aliphatic carbocycles. The van der Waals surface area contributed by atoms with Crippen LogP contribution in [0.1, 0.15) is 16.7 Å². The summed E-state index contributed by atoms with van der Waals surface area (Å²) in [6.45, 7) is 2.85. The normalized spacial score (nSPS) is 10.9. The molecule has 168 valence electrons. The van der Waals surface area contributed by atoms with Gasteiger partial charge in [-0.2, -0.15) is 5.10 Å². The van der Waals surface area contributed by atoms with Gasteiger partial charge in [0.15, 0.2) is 5.65 Å². The number of nitrogens with zero attached hydrogens (tertiary/aromatic N) is 5. The fourth-order valence-electron chi connectivity index (χ4n) is 3.61. The van der Waals surface area contributed by atoms with E-state index in [1.807, 2.05) is 31.2 Å². The quantitative estimate of drug-likeness (QED) is 0.327. The van der Waals surface area contributed by atoms with Crippen LogP contribution in [0, 0.1) is 17.0 Å². The molecule has 0 spiro atoms. The number of aryl methyl sites for hydroxylation is 1. The number of nitrogens with one attached hydrogen (secondary N) is 1. The molecule has 4 rings (SSSR count).